The van der Waals surface area contributed by atoms with Crippen molar-refractivity contribution in [2.24, 2.45) is 5.73 Å². The minimum atomic E-state index is -0.523. The fourth-order valence-corrected chi connectivity index (χ4v) is 3.08. The Labute approximate surface area is 129 Å². The molecular formula is C13H15Br2N3O. The number of benzene rings is 1. The summed E-state index contributed by atoms with van der Waals surface area (Å²) in [4.78, 5) is 4.43. The highest BCUT2D eigenvalue weighted by Gasteiger charge is 2.29. The van der Waals surface area contributed by atoms with Crippen molar-refractivity contribution in [3.05, 3.63) is 33.0 Å². The first-order valence-electron chi connectivity index (χ1n) is 6.08. The Morgan fingerprint density at radius 3 is 2.26 bits per heavy atom. The average Bonchev–Trinajstić information content (AvgIpc) is 2.87. The summed E-state index contributed by atoms with van der Waals surface area (Å²) in [5, 5.41) is 4.02. The SMILES string of the molecule is CCC(N)(CC)c1noc(-c2cc(Br)cc(Br)c2)n1. The molecule has 4 nitrogen and oxygen atoms in total. The number of rotatable bonds is 4. The number of halogens is 2. The molecule has 19 heavy (non-hydrogen) atoms. The number of hydrogen-bond acceptors (Lipinski definition) is 4. The van der Waals surface area contributed by atoms with Gasteiger partial charge in [-0.2, -0.15) is 4.98 Å². The molecule has 0 saturated heterocycles. The van der Waals surface area contributed by atoms with Gasteiger partial charge in [-0.1, -0.05) is 50.9 Å². The van der Waals surface area contributed by atoms with Crippen LogP contribution in [0.2, 0.25) is 0 Å². The van der Waals surface area contributed by atoms with E-state index in [1.54, 1.807) is 0 Å². The molecule has 1 aromatic heterocycles. The van der Waals surface area contributed by atoms with E-state index < -0.39 is 5.54 Å². The van der Waals surface area contributed by atoms with Gasteiger partial charge in [-0.05, 0) is 31.0 Å². The Kier molecular flexibility index (Phi) is 4.43. The molecule has 2 aromatic rings. The van der Waals surface area contributed by atoms with Crippen molar-refractivity contribution < 1.29 is 4.52 Å². The van der Waals surface area contributed by atoms with Crippen molar-refractivity contribution in [1.82, 2.24) is 10.1 Å². The topological polar surface area (TPSA) is 64.9 Å². The summed E-state index contributed by atoms with van der Waals surface area (Å²) in [6.07, 6.45) is 1.54. The van der Waals surface area contributed by atoms with Gasteiger partial charge in [-0.3, -0.25) is 0 Å². The zero-order chi connectivity index (χ0) is 14.0. The molecule has 0 bridgehead atoms. The lowest BCUT2D eigenvalue weighted by Gasteiger charge is -2.21. The fourth-order valence-electron chi connectivity index (χ4n) is 1.79. The quantitative estimate of drug-likeness (QED) is 0.850. The Hall–Kier alpha value is -0.720. The first kappa shape index (κ1) is 14.7. The van der Waals surface area contributed by atoms with Crippen LogP contribution in [0.5, 0.6) is 0 Å². The van der Waals surface area contributed by atoms with E-state index >= 15 is 0 Å². The Morgan fingerprint density at radius 1 is 1.16 bits per heavy atom. The van der Waals surface area contributed by atoms with Crippen molar-refractivity contribution in [2.75, 3.05) is 0 Å². The summed E-state index contributed by atoms with van der Waals surface area (Å²) in [7, 11) is 0. The smallest absolute Gasteiger partial charge is 0.258 e. The number of aromatic nitrogens is 2. The lowest BCUT2D eigenvalue weighted by atomic mass is 9.93. The number of nitrogens with zero attached hydrogens (tertiary/aromatic N) is 2. The normalized spacial score (nSPS) is 11.8. The fraction of sp³-hybridized carbons (Fsp3) is 0.385. The first-order valence-corrected chi connectivity index (χ1v) is 7.66. The van der Waals surface area contributed by atoms with Crippen LogP contribution in [0.4, 0.5) is 0 Å². The number of hydrogen-bond donors (Lipinski definition) is 1. The molecule has 0 saturated carbocycles. The van der Waals surface area contributed by atoms with Gasteiger partial charge in [0.05, 0.1) is 5.54 Å². The second-order valence-corrected chi connectivity index (χ2v) is 6.28. The maximum Gasteiger partial charge on any atom is 0.258 e. The van der Waals surface area contributed by atoms with Gasteiger partial charge in [0.25, 0.3) is 5.89 Å². The Bertz CT molecular complexity index is 559. The van der Waals surface area contributed by atoms with E-state index in [0.29, 0.717) is 11.7 Å². The van der Waals surface area contributed by atoms with Crippen molar-refractivity contribution >= 4 is 31.9 Å². The molecule has 6 heteroatoms. The van der Waals surface area contributed by atoms with Crippen LogP contribution in [-0.2, 0) is 5.54 Å². The Morgan fingerprint density at radius 2 is 1.74 bits per heavy atom. The standard InChI is InChI=1S/C13H15Br2N3O/c1-3-13(16,4-2)12-17-11(19-18-12)8-5-9(14)7-10(15)6-8/h5-7H,3-4,16H2,1-2H3. The summed E-state index contributed by atoms with van der Waals surface area (Å²) >= 11 is 6.88. The molecule has 1 heterocycles. The van der Waals surface area contributed by atoms with Crippen molar-refractivity contribution in [3.8, 4) is 11.5 Å². The van der Waals surface area contributed by atoms with Crippen LogP contribution < -0.4 is 5.73 Å². The van der Waals surface area contributed by atoms with Crippen molar-refractivity contribution in [2.45, 2.75) is 32.2 Å². The first-order chi connectivity index (χ1) is 8.98. The van der Waals surface area contributed by atoms with Crippen LogP contribution in [0, 0.1) is 0 Å². The second kappa shape index (κ2) is 5.73. The number of nitrogens with two attached hydrogens (primary N) is 1. The lowest BCUT2D eigenvalue weighted by molar-refractivity contribution is 0.350. The molecule has 0 fully saturated rings. The highest BCUT2D eigenvalue weighted by Crippen LogP contribution is 2.29. The van der Waals surface area contributed by atoms with Crippen LogP contribution in [0.1, 0.15) is 32.5 Å². The van der Waals surface area contributed by atoms with Crippen molar-refractivity contribution in [1.29, 1.82) is 0 Å². The van der Waals surface area contributed by atoms with Gasteiger partial charge in [-0.25, -0.2) is 0 Å². The third kappa shape index (κ3) is 3.07. The summed E-state index contributed by atoms with van der Waals surface area (Å²) < 4.78 is 7.22. The minimum absolute atomic E-state index is 0.480. The molecule has 0 radical (unpaired) electrons. The van der Waals surface area contributed by atoms with E-state index in [1.165, 1.54) is 0 Å². The zero-order valence-electron chi connectivity index (χ0n) is 10.8. The summed E-state index contributed by atoms with van der Waals surface area (Å²) in [5.41, 5.74) is 6.60. The van der Waals surface area contributed by atoms with E-state index in [-0.39, 0.29) is 0 Å². The van der Waals surface area contributed by atoms with E-state index in [1.807, 2.05) is 32.0 Å². The largest absolute Gasteiger partial charge is 0.334 e. The van der Waals surface area contributed by atoms with Gasteiger partial charge in [0.2, 0.25) is 0 Å². The predicted molar refractivity (Wildman–Crippen MR) is 81.6 cm³/mol. The van der Waals surface area contributed by atoms with E-state index in [0.717, 1.165) is 27.4 Å². The van der Waals surface area contributed by atoms with E-state index in [2.05, 4.69) is 42.0 Å². The molecular weight excluding hydrogens is 374 g/mol. The minimum Gasteiger partial charge on any atom is -0.334 e. The van der Waals surface area contributed by atoms with Gasteiger partial charge < -0.3 is 10.3 Å². The second-order valence-electron chi connectivity index (χ2n) is 4.44. The summed E-state index contributed by atoms with van der Waals surface area (Å²) in [5.74, 6) is 1.04. The molecule has 0 aliphatic rings. The summed E-state index contributed by atoms with van der Waals surface area (Å²) in [6.45, 7) is 4.05. The molecule has 0 aliphatic heterocycles. The highest BCUT2D eigenvalue weighted by atomic mass is 79.9. The van der Waals surface area contributed by atoms with Gasteiger partial charge in [0.15, 0.2) is 5.82 Å². The van der Waals surface area contributed by atoms with E-state index in [4.69, 9.17) is 10.3 Å². The average molecular weight is 389 g/mol. The van der Waals surface area contributed by atoms with Gasteiger partial charge >= 0.3 is 0 Å². The Balaban J connectivity index is 2.40. The van der Waals surface area contributed by atoms with Gasteiger partial charge in [-0.15, -0.1) is 0 Å². The van der Waals surface area contributed by atoms with Crippen LogP contribution >= 0.6 is 31.9 Å². The molecule has 0 spiro atoms. The molecule has 0 aliphatic carbocycles. The zero-order valence-corrected chi connectivity index (χ0v) is 14.0. The molecule has 0 unspecified atom stereocenters. The van der Waals surface area contributed by atoms with Crippen LogP contribution in [0.3, 0.4) is 0 Å². The third-order valence-electron chi connectivity index (χ3n) is 3.24. The molecule has 0 amide bonds. The maximum atomic E-state index is 6.27. The van der Waals surface area contributed by atoms with Gasteiger partial charge in [0.1, 0.15) is 0 Å². The van der Waals surface area contributed by atoms with Crippen molar-refractivity contribution in [3.63, 3.8) is 0 Å². The van der Waals surface area contributed by atoms with Gasteiger partial charge in [0, 0.05) is 14.5 Å². The molecule has 0 atom stereocenters. The summed E-state index contributed by atoms with van der Waals surface area (Å²) in [6, 6.07) is 5.81. The molecule has 1 aromatic carbocycles. The molecule has 2 rings (SSSR count). The van der Waals surface area contributed by atoms with E-state index in [9.17, 15) is 0 Å². The molecule has 2 N–H and O–H groups in total. The lowest BCUT2D eigenvalue weighted by Crippen LogP contribution is -2.36. The van der Waals surface area contributed by atoms with Crippen LogP contribution in [0.15, 0.2) is 31.7 Å². The monoisotopic (exact) mass is 387 g/mol. The third-order valence-corrected chi connectivity index (χ3v) is 4.16. The van der Waals surface area contributed by atoms with Crippen LogP contribution in [0.25, 0.3) is 11.5 Å². The van der Waals surface area contributed by atoms with Crippen LogP contribution in [-0.4, -0.2) is 10.1 Å². The predicted octanol–water partition coefficient (Wildman–Crippen LogP) is 4.24. The maximum absolute atomic E-state index is 6.27. The highest BCUT2D eigenvalue weighted by molar-refractivity contribution is 9.11. The molecule has 102 valence electrons.